The zero-order chi connectivity index (χ0) is 21.1. The minimum absolute atomic E-state index is 0.00425. The normalized spacial score (nSPS) is 15.3. The molecule has 0 unspecified atom stereocenters. The zero-order valence-electron chi connectivity index (χ0n) is 16.1. The predicted molar refractivity (Wildman–Crippen MR) is 117 cm³/mol. The van der Waals surface area contributed by atoms with Gasteiger partial charge < -0.3 is 14.8 Å². The van der Waals surface area contributed by atoms with Crippen molar-refractivity contribution in [2.45, 2.75) is 19.4 Å². The highest BCUT2D eigenvalue weighted by Crippen LogP contribution is 2.29. The molecule has 0 saturated carbocycles. The first-order valence-corrected chi connectivity index (χ1v) is 10.5. The quantitative estimate of drug-likeness (QED) is 0.527. The minimum Gasteiger partial charge on any atom is -0.506 e. The molecule has 3 aromatic rings. The van der Waals surface area contributed by atoms with Gasteiger partial charge in [0.15, 0.2) is 5.76 Å². The number of halogens is 2. The molecule has 1 aromatic heterocycles. The summed E-state index contributed by atoms with van der Waals surface area (Å²) in [6, 6.07) is 12.0. The number of hydrogen-bond acceptors (Lipinski definition) is 5. The standard InChI is InChI=1S/C22H21Cl2N3O3/c23-16-3-1-2-15(10-16)20-12-25-21(30-20)13-27-8-6-14(7-9-27)22(29)26-18-11-17(24)4-5-19(18)28/h1-5,10-12,14,28H,6-9,13H2,(H,26,29). The molecule has 0 aliphatic carbocycles. The first-order chi connectivity index (χ1) is 14.5. The van der Waals surface area contributed by atoms with Gasteiger partial charge in [-0.25, -0.2) is 4.98 Å². The molecule has 4 rings (SSSR count). The molecule has 0 atom stereocenters. The smallest absolute Gasteiger partial charge is 0.227 e. The van der Waals surface area contributed by atoms with E-state index < -0.39 is 0 Å². The van der Waals surface area contributed by atoms with E-state index in [4.69, 9.17) is 27.6 Å². The van der Waals surface area contributed by atoms with Gasteiger partial charge in [-0.05, 0) is 56.3 Å². The van der Waals surface area contributed by atoms with Crippen molar-refractivity contribution in [3.8, 4) is 17.1 Å². The molecule has 0 bridgehead atoms. The van der Waals surface area contributed by atoms with Crippen LogP contribution in [0.15, 0.2) is 53.1 Å². The van der Waals surface area contributed by atoms with Crippen LogP contribution < -0.4 is 5.32 Å². The molecule has 1 fully saturated rings. The van der Waals surface area contributed by atoms with Crippen molar-refractivity contribution in [1.29, 1.82) is 0 Å². The van der Waals surface area contributed by atoms with E-state index in [9.17, 15) is 9.90 Å². The van der Waals surface area contributed by atoms with Gasteiger partial charge in [0, 0.05) is 21.5 Å². The fraction of sp³-hybridized carbons (Fsp3) is 0.273. The van der Waals surface area contributed by atoms with E-state index in [0.29, 0.717) is 33.9 Å². The number of nitrogens with one attached hydrogen (secondary N) is 1. The molecule has 0 radical (unpaired) electrons. The van der Waals surface area contributed by atoms with E-state index in [1.807, 2.05) is 24.3 Å². The molecule has 8 heteroatoms. The first-order valence-electron chi connectivity index (χ1n) is 9.70. The summed E-state index contributed by atoms with van der Waals surface area (Å²) in [4.78, 5) is 19.1. The Hall–Kier alpha value is -2.54. The second-order valence-electron chi connectivity index (χ2n) is 7.33. The number of carbonyl (C=O) groups is 1. The monoisotopic (exact) mass is 445 g/mol. The van der Waals surface area contributed by atoms with Gasteiger partial charge in [-0.15, -0.1) is 0 Å². The fourth-order valence-electron chi connectivity index (χ4n) is 3.55. The average Bonchev–Trinajstić information content (AvgIpc) is 3.20. The Kier molecular flexibility index (Phi) is 6.27. The van der Waals surface area contributed by atoms with Gasteiger partial charge in [-0.3, -0.25) is 9.69 Å². The number of aromatic hydroxyl groups is 1. The Morgan fingerprint density at radius 1 is 1.17 bits per heavy atom. The number of phenolic OH excluding ortho intramolecular Hbond substituents is 1. The molecule has 156 valence electrons. The number of oxazole rings is 1. The predicted octanol–water partition coefficient (Wildman–Crippen LogP) is 5.20. The molecule has 1 amide bonds. The highest BCUT2D eigenvalue weighted by atomic mass is 35.5. The van der Waals surface area contributed by atoms with E-state index in [2.05, 4.69) is 15.2 Å². The molecule has 2 heterocycles. The van der Waals surface area contributed by atoms with Crippen LogP contribution in [0.3, 0.4) is 0 Å². The van der Waals surface area contributed by atoms with Gasteiger partial charge >= 0.3 is 0 Å². The molecule has 1 aliphatic rings. The van der Waals surface area contributed by atoms with Crippen molar-refractivity contribution in [2.75, 3.05) is 18.4 Å². The molecule has 6 nitrogen and oxygen atoms in total. The number of nitrogens with zero attached hydrogens (tertiary/aromatic N) is 2. The molecule has 1 aliphatic heterocycles. The number of likely N-dealkylation sites (tertiary alicyclic amines) is 1. The first kappa shape index (κ1) is 20.7. The van der Waals surface area contributed by atoms with Gasteiger partial charge in [0.25, 0.3) is 0 Å². The highest BCUT2D eigenvalue weighted by molar-refractivity contribution is 6.31. The number of phenols is 1. The summed E-state index contributed by atoms with van der Waals surface area (Å²) in [6.45, 7) is 2.10. The van der Waals surface area contributed by atoms with Crippen LogP contribution in [-0.4, -0.2) is 34.0 Å². The summed E-state index contributed by atoms with van der Waals surface area (Å²) in [5.74, 6) is 1.10. The minimum atomic E-state index is -0.119. The van der Waals surface area contributed by atoms with Gasteiger partial charge in [0.1, 0.15) is 5.75 Å². The number of rotatable bonds is 5. The number of anilines is 1. The van der Waals surface area contributed by atoms with Crippen molar-refractivity contribution in [1.82, 2.24) is 9.88 Å². The van der Waals surface area contributed by atoms with E-state index in [1.165, 1.54) is 6.07 Å². The van der Waals surface area contributed by atoms with Gasteiger partial charge in [0.2, 0.25) is 11.8 Å². The molecule has 1 saturated heterocycles. The number of aromatic nitrogens is 1. The number of amides is 1. The SMILES string of the molecule is O=C(Nc1cc(Cl)ccc1O)C1CCN(Cc2ncc(-c3cccc(Cl)c3)o2)CC1. The van der Waals surface area contributed by atoms with Crippen LogP contribution in [-0.2, 0) is 11.3 Å². The average molecular weight is 446 g/mol. The maximum absolute atomic E-state index is 12.6. The Morgan fingerprint density at radius 2 is 1.93 bits per heavy atom. The van der Waals surface area contributed by atoms with E-state index in [0.717, 1.165) is 31.5 Å². The van der Waals surface area contributed by atoms with Crippen LogP contribution in [0.4, 0.5) is 5.69 Å². The molecule has 2 N–H and O–H groups in total. The zero-order valence-corrected chi connectivity index (χ0v) is 17.7. The van der Waals surface area contributed by atoms with Crippen molar-refractivity contribution in [3.63, 3.8) is 0 Å². The summed E-state index contributed by atoms with van der Waals surface area (Å²) >= 11 is 12.0. The van der Waals surface area contributed by atoms with E-state index in [-0.39, 0.29) is 17.6 Å². The number of hydrogen-bond donors (Lipinski definition) is 2. The Labute approximate surface area is 184 Å². The third-order valence-electron chi connectivity index (χ3n) is 5.20. The van der Waals surface area contributed by atoms with Crippen molar-refractivity contribution in [2.24, 2.45) is 5.92 Å². The second-order valence-corrected chi connectivity index (χ2v) is 8.20. The van der Waals surface area contributed by atoms with Crippen LogP contribution in [0.1, 0.15) is 18.7 Å². The maximum Gasteiger partial charge on any atom is 0.227 e. The summed E-state index contributed by atoms with van der Waals surface area (Å²) in [6.07, 6.45) is 3.14. The summed E-state index contributed by atoms with van der Waals surface area (Å²) in [5, 5.41) is 13.8. The van der Waals surface area contributed by atoms with Crippen molar-refractivity contribution in [3.05, 3.63) is 64.6 Å². The number of benzene rings is 2. The Morgan fingerprint density at radius 3 is 2.70 bits per heavy atom. The van der Waals surface area contributed by atoms with Crippen molar-refractivity contribution >= 4 is 34.8 Å². The number of piperidine rings is 1. The Balaban J connectivity index is 1.31. The summed E-state index contributed by atoms with van der Waals surface area (Å²) in [7, 11) is 0. The lowest BCUT2D eigenvalue weighted by Gasteiger charge is -2.30. The third kappa shape index (κ3) is 4.95. The van der Waals surface area contributed by atoms with Gasteiger partial charge in [-0.2, -0.15) is 0 Å². The lowest BCUT2D eigenvalue weighted by molar-refractivity contribution is -0.121. The van der Waals surface area contributed by atoms with Crippen LogP contribution >= 0.6 is 23.2 Å². The van der Waals surface area contributed by atoms with E-state index in [1.54, 1.807) is 18.3 Å². The van der Waals surface area contributed by atoms with Gasteiger partial charge in [0.05, 0.1) is 18.4 Å². The van der Waals surface area contributed by atoms with Crippen molar-refractivity contribution < 1.29 is 14.3 Å². The summed E-state index contributed by atoms with van der Waals surface area (Å²) < 4.78 is 5.87. The molecular weight excluding hydrogens is 425 g/mol. The molecule has 0 spiro atoms. The largest absolute Gasteiger partial charge is 0.506 e. The lowest BCUT2D eigenvalue weighted by atomic mass is 9.96. The third-order valence-corrected chi connectivity index (χ3v) is 5.67. The van der Waals surface area contributed by atoms with Crippen LogP contribution in [0.2, 0.25) is 10.0 Å². The Bertz CT molecular complexity index is 1050. The second kappa shape index (κ2) is 9.08. The number of carbonyl (C=O) groups excluding carboxylic acids is 1. The molecule has 30 heavy (non-hydrogen) atoms. The topological polar surface area (TPSA) is 78.6 Å². The van der Waals surface area contributed by atoms with Gasteiger partial charge in [-0.1, -0.05) is 35.3 Å². The van der Waals surface area contributed by atoms with E-state index >= 15 is 0 Å². The van der Waals surface area contributed by atoms with Crippen LogP contribution in [0.25, 0.3) is 11.3 Å². The summed E-state index contributed by atoms with van der Waals surface area (Å²) in [5.41, 5.74) is 1.23. The maximum atomic E-state index is 12.6. The molecular formula is C22H21Cl2N3O3. The van der Waals surface area contributed by atoms with Crippen LogP contribution in [0.5, 0.6) is 5.75 Å². The highest BCUT2D eigenvalue weighted by Gasteiger charge is 2.26. The fourth-order valence-corrected chi connectivity index (χ4v) is 3.91. The molecule has 2 aromatic carbocycles. The lowest BCUT2D eigenvalue weighted by Crippen LogP contribution is -2.37. The van der Waals surface area contributed by atoms with Crippen LogP contribution in [0, 0.1) is 5.92 Å².